The van der Waals surface area contributed by atoms with Gasteiger partial charge in [0.05, 0.1) is 6.10 Å². The Balaban J connectivity index is 2.06. The molecule has 0 radical (unpaired) electrons. The lowest BCUT2D eigenvalue weighted by Gasteiger charge is -2.11. The summed E-state index contributed by atoms with van der Waals surface area (Å²) in [5, 5.41) is 0. The summed E-state index contributed by atoms with van der Waals surface area (Å²) in [6, 6.07) is 2.97. The summed E-state index contributed by atoms with van der Waals surface area (Å²) in [5.41, 5.74) is 5.53. The highest BCUT2D eigenvalue weighted by molar-refractivity contribution is 7.89. The molecule has 1 unspecified atom stereocenters. The van der Waals surface area contributed by atoms with Crippen LogP contribution >= 0.6 is 0 Å². The van der Waals surface area contributed by atoms with E-state index in [-0.39, 0.29) is 23.4 Å². The first-order chi connectivity index (χ1) is 8.09. The molecule has 0 bridgehead atoms. The number of aromatic nitrogens is 1. The normalized spacial score (nSPS) is 20.6. The van der Waals surface area contributed by atoms with E-state index < -0.39 is 10.0 Å². The van der Waals surface area contributed by atoms with Crippen LogP contribution in [-0.4, -0.2) is 32.7 Å². The Morgan fingerprint density at radius 3 is 3.06 bits per heavy atom. The van der Waals surface area contributed by atoms with Gasteiger partial charge in [0.15, 0.2) is 0 Å². The molecule has 0 saturated carbocycles. The molecule has 2 heterocycles. The molecule has 0 aromatic carbocycles. The third-order valence-electron chi connectivity index (χ3n) is 2.61. The molecule has 1 aliphatic rings. The minimum absolute atomic E-state index is 0.00680. The fourth-order valence-corrected chi connectivity index (χ4v) is 2.86. The van der Waals surface area contributed by atoms with Gasteiger partial charge >= 0.3 is 0 Å². The van der Waals surface area contributed by atoms with Gasteiger partial charge in [0, 0.05) is 19.3 Å². The zero-order valence-corrected chi connectivity index (χ0v) is 10.1. The highest BCUT2D eigenvalue weighted by Crippen LogP contribution is 2.16. The highest BCUT2D eigenvalue weighted by Gasteiger charge is 2.21. The molecule has 0 spiro atoms. The number of sulfonamides is 1. The molecule has 1 saturated heterocycles. The van der Waals surface area contributed by atoms with Gasteiger partial charge in [-0.3, -0.25) is 0 Å². The fraction of sp³-hybridized carbons (Fsp3) is 0.500. The van der Waals surface area contributed by atoms with Crippen LogP contribution in [0.5, 0.6) is 0 Å². The maximum absolute atomic E-state index is 11.9. The number of nitrogens with one attached hydrogen (secondary N) is 1. The van der Waals surface area contributed by atoms with Crippen molar-refractivity contribution in [2.45, 2.75) is 23.8 Å². The minimum Gasteiger partial charge on any atom is -0.383 e. The Kier molecular flexibility index (Phi) is 3.60. The largest absolute Gasteiger partial charge is 0.383 e. The predicted molar refractivity (Wildman–Crippen MR) is 62.8 cm³/mol. The van der Waals surface area contributed by atoms with Crippen molar-refractivity contribution >= 4 is 15.8 Å². The third kappa shape index (κ3) is 2.93. The first kappa shape index (κ1) is 12.3. The molecule has 1 atom stereocenters. The van der Waals surface area contributed by atoms with Crippen LogP contribution in [0.15, 0.2) is 23.2 Å². The lowest BCUT2D eigenvalue weighted by molar-refractivity contribution is 0.114. The van der Waals surface area contributed by atoms with Crippen molar-refractivity contribution < 1.29 is 13.2 Å². The van der Waals surface area contributed by atoms with Gasteiger partial charge in [-0.15, -0.1) is 0 Å². The van der Waals surface area contributed by atoms with Crippen LogP contribution in [0.2, 0.25) is 0 Å². The number of hydrogen-bond donors (Lipinski definition) is 2. The molecule has 94 valence electrons. The molecule has 7 heteroatoms. The van der Waals surface area contributed by atoms with E-state index in [9.17, 15) is 8.42 Å². The van der Waals surface area contributed by atoms with Gasteiger partial charge in [-0.1, -0.05) is 0 Å². The number of nitrogens with two attached hydrogens (primary N) is 1. The van der Waals surface area contributed by atoms with Crippen molar-refractivity contribution in [2.75, 3.05) is 18.9 Å². The number of nitrogens with zero attached hydrogens (tertiary/aromatic N) is 1. The molecule has 1 aromatic heterocycles. The van der Waals surface area contributed by atoms with E-state index in [4.69, 9.17) is 10.5 Å². The minimum atomic E-state index is -3.60. The van der Waals surface area contributed by atoms with Gasteiger partial charge in [0.2, 0.25) is 10.0 Å². The van der Waals surface area contributed by atoms with E-state index in [2.05, 4.69) is 9.71 Å². The van der Waals surface area contributed by atoms with Crippen LogP contribution in [0, 0.1) is 0 Å². The molecular formula is C10H15N3O3S. The Labute approximate surface area is 100 Å². The van der Waals surface area contributed by atoms with Crippen molar-refractivity contribution in [3.63, 3.8) is 0 Å². The van der Waals surface area contributed by atoms with Crippen LogP contribution in [-0.2, 0) is 14.8 Å². The fourth-order valence-electron chi connectivity index (χ4n) is 1.72. The standard InChI is InChI=1S/C10H15N3O3S/c11-10-9(4-1-5-12-10)17(14,15)13-7-8-3-2-6-16-8/h1,4-5,8,13H,2-3,6-7H2,(H2,11,12). The Bertz CT molecular complexity index is 483. The van der Waals surface area contributed by atoms with Crippen LogP contribution in [0.25, 0.3) is 0 Å². The first-order valence-electron chi connectivity index (χ1n) is 5.41. The van der Waals surface area contributed by atoms with Gasteiger partial charge in [-0.25, -0.2) is 18.1 Å². The van der Waals surface area contributed by atoms with Crippen LogP contribution in [0.4, 0.5) is 5.82 Å². The van der Waals surface area contributed by atoms with Crippen LogP contribution in [0.1, 0.15) is 12.8 Å². The Morgan fingerprint density at radius 2 is 2.41 bits per heavy atom. The van der Waals surface area contributed by atoms with E-state index in [0.717, 1.165) is 12.8 Å². The Hall–Kier alpha value is -1.18. The third-order valence-corrected chi connectivity index (χ3v) is 4.09. The van der Waals surface area contributed by atoms with Gasteiger partial charge in [0.25, 0.3) is 0 Å². The van der Waals surface area contributed by atoms with Crippen molar-refractivity contribution in [2.24, 2.45) is 0 Å². The quantitative estimate of drug-likeness (QED) is 0.799. The van der Waals surface area contributed by atoms with E-state index in [1.165, 1.54) is 18.3 Å². The zero-order chi connectivity index (χ0) is 12.3. The number of ether oxygens (including phenoxy) is 1. The summed E-state index contributed by atoms with van der Waals surface area (Å²) in [6.07, 6.45) is 3.27. The van der Waals surface area contributed by atoms with E-state index in [1.807, 2.05) is 0 Å². The molecule has 1 aliphatic heterocycles. The van der Waals surface area contributed by atoms with Gasteiger partial charge in [-0.05, 0) is 25.0 Å². The SMILES string of the molecule is Nc1ncccc1S(=O)(=O)NCC1CCCO1. The predicted octanol–water partition coefficient (Wildman–Crippen LogP) is 0.121. The molecule has 0 aliphatic carbocycles. The second-order valence-corrected chi connectivity index (χ2v) is 5.61. The zero-order valence-electron chi connectivity index (χ0n) is 9.30. The number of hydrogen-bond acceptors (Lipinski definition) is 5. The average Bonchev–Trinajstić information content (AvgIpc) is 2.80. The molecular weight excluding hydrogens is 242 g/mol. The van der Waals surface area contributed by atoms with E-state index in [0.29, 0.717) is 6.61 Å². The summed E-state index contributed by atoms with van der Waals surface area (Å²) in [5.74, 6) is 0.00680. The first-order valence-corrected chi connectivity index (χ1v) is 6.89. The summed E-state index contributed by atoms with van der Waals surface area (Å²) >= 11 is 0. The monoisotopic (exact) mass is 257 g/mol. The lowest BCUT2D eigenvalue weighted by Crippen LogP contribution is -2.32. The second kappa shape index (κ2) is 4.99. The smallest absolute Gasteiger partial charge is 0.244 e. The topological polar surface area (TPSA) is 94.3 Å². The van der Waals surface area contributed by atoms with E-state index in [1.54, 1.807) is 0 Å². The van der Waals surface area contributed by atoms with Gasteiger partial charge < -0.3 is 10.5 Å². The lowest BCUT2D eigenvalue weighted by atomic mass is 10.2. The summed E-state index contributed by atoms with van der Waals surface area (Å²) in [6.45, 7) is 0.970. The van der Waals surface area contributed by atoms with E-state index >= 15 is 0 Å². The molecule has 2 rings (SSSR count). The molecule has 3 N–H and O–H groups in total. The second-order valence-electron chi connectivity index (χ2n) is 3.87. The molecule has 1 aromatic rings. The summed E-state index contributed by atoms with van der Waals surface area (Å²) in [4.78, 5) is 3.76. The van der Waals surface area contributed by atoms with Gasteiger partial charge in [-0.2, -0.15) is 0 Å². The maximum Gasteiger partial charge on any atom is 0.244 e. The van der Waals surface area contributed by atoms with Crippen molar-refractivity contribution in [1.82, 2.24) is 9.71 Å². The van der Waals surface area contributed by atoms with Crippen molar-refractivity contribution in [3.05, 3.63) is 18.3 Å². The molecule has 17 heavy (non-hydrogen) atoms. The number of anilines is 1. The van der Waals surface area contributed by atoms with Gasteiger partial charge in [0.1, 0.15) is 10.7 Å². The number of pyridine rings is 1. The van der Waals surface area contributed by atoms with Crippen LogP contribution < -0.4 is 10.5 Å². The van der Waals surface area contributed by atoms with Crippen molar-refractivity contribution in [3.8, 4) is 0 Å². The summed E-state index contributed by atoms with van der Waals surface area (Å²) < 4.78 is 31.7. The number of rotatable bonds is 4. The molecule has 6 nitrogen and oxygen atoms in total. The van der Waals surface area contributed by atoms with Crippen LogP contribution in [0.3, 0.4) is 0 Å². The molecule has 1 fully saturated rings. The highest BCUT2D eigenvalue weighted by atomic mass is 32.2. The Morgan fingerprint density at radius 1 is 1.59 bits per heavy atom. The van der Waals surface area contributed by atoms with Crippen molar-refractivity contribution in [1.29, 1.82) is 0 Å². The average molecular weight is 257 g/mol. The summed E-state index contributed by atoms with van der Waals surface area (Å²) in [7, 11) is -3.60. The number of nitrogen functional groups attached to an aromatic ring is 1. The maximum atomic E-state index is 11.9. The molecule has 0 amide bonds.